The lowest BCUT2D eigenvalue weighted by Gasteiger charge is -2.32. The number of carbonyl (C=O) groups is 2. The Morgan fingerprint density at radius 2 is 1.80 bits per heavy atom. The van der Waals surface area contributed by atoms with Crippen LogP contribution in [0.15, 0.2) is 54.7 Å². The molecule has 218 valence electrons. The molecule has 2 aliphatic heterocycles. The van der Waals surface area contributed by atoms with Crippen LogP contribution in [-0.4, -0.2) is 68.5 Å². The maximum Gasteiger partial charge on any atom is 0.331 e. The van der Waals surface area contributed by atoms with Gasteiger partial charge in [-0.05, 0) is 55.7 Å². The van der Waals surface area contributed by atoms with Crippen LogP contribution in [0.25, 0.3) is 5.69 Å². The van der Waals surface area contributed by atoms with E-state index < -0.39 is 12.1 Å². The normalized spacial score (nSPS) is 18.7. The first-order valence-corrected chi connectivity index (χ1v) is 14.1. The molecule has 3 heterocycles. The second-order valence-corrected chi connectivity index (χ2v) is 10.5. The molecule has 5 rings (SSSR count). The smallest absolute Gasteiger partial charge is 0.331 e. The summed E-state index contributed by atoms with van der Waals surface area (Å²) in [7, 11) is 4.56. The number of hydrogen-bond acceptors (Lipinski definition) is 7. The molecule has 1 fully saturated rings. The lowest BCUT2D eigenvalue weighted by Crippen LogP contribution is -2.41. The van der Waals surface area contributed by atoms with Crippen LogP contribution in [0.5, 0.6) is 11.5 Å². The van der Waals surface area contributed by atoms with Crippen molar-refractivity contribution in [3.8, 4) is 17.2 Å². The number of amides is 1. The number of nitrogens with zero attached hydrogens (tertiary/aromatic N) is 2. The Labute approximate surface area is 244 Å². The zero-order valence-corrected chi connectivity index (χ0v) is 24.3. The van der Waals surface area contributed by atoms with E-state index in [0.717, 1.165) is 22.5 Å². The molecular formula is C31H35ClN2O7. The SMILES string of the molecule is COC(=O)COC1CCN(C(=O)CC[C@H]2O[C@H](c3cccc(OC)c3OC)c3cc(Cl)ccc3-n3cccc32)CC1. The highest BCUT2D eigenvalue weighted by Gasteiger charge is 2.34. The summed E-state index contributed by atoms with van der Waals surface area (Å²) in [6.45, 7) is 1.10. The lowest BCUT2D eigenvalue weighted by atomic mass is 9.98. The van der Waals surface area contributed by atoms with Gasteiger partial charge in [-0.25, -0.2) is 4.79 Å². The molecule has 0 bridgehead atoms. The Balaban J connectivity index is 1.36. The molecule has 9 nitrogen and oxygen atoms in total. The first kappa shape index (κ1) is 29.0. The van der Waals surface area contributed by atoms with E-state index >= 15 is 0 Å². The third-order valence-electron chi connectivity index (χ3n) is 7.74. The van der Waals surface area contributed by atoms with Crippen molar-refractivity contribution in [1.29, 1.82) is 0 Å². The number of esters is 1. The van der Waals surface area contributed by atoms with E-state index in [1.54, 1.807) is 14.2 Å². The number of fused-ring (bicyclic) bond motifs is 3. The summed E-state index contributed by atoms with van der Waals surface area (Å²) in [6.07, 6.45) is 3.23. The number of halogens is 1. The fourth-order valence-electron chi connectivity index (χ4n) is 5.64. The number of likely N-dealkylation sites (tertiary alicyclic amines) is 1. The predicted octanol–water partition coefficient (Wildman–Crippen LogP) is 5.27. The van der Waals surface area contributed by atoms with Gasteiger partial charge in [0.2, 0.25) is 5.91 Å². The summed E-state index contributed by atoms with van der Waals surface area (Å²) in [5.74, 6) is 0.862. The number of piperidine rings is 1. The predicted molar refractivity (Wildman–Crippen MR) is 153 cm³/mol. The molecule has 2 aromatic carbocycles. The number of benzene rings is 2. The van der Waals surface area contributed by atoms with Crippen molar-refractivity contribution in [2.24, 2.45) is 0 Å². The quantitative estimate of drug-likeness (QED) is 0.318. The molecule has 1 aromatic heterocycles. The molecule has 2 aliphatic rings. The zero-order valence-electron chi connectivity index (χ0n) is 23.5. The number of aromatic nitrogens is 1. The first-order valence-electron chi connectivity index (χ1n) is 13.7. The van der Waals surface area contributed by atoms with Crippen LogP contribution in [-0.2, 0) is 23.8 Å². The Kier molecular flexibility index (Phi) is 9.17. The fourth-order valence-corrected chi connectivity index (χ4v) is 5.82. The van der Waals surface area contributed by atoms with Crippen molar-refractivity contribution in [2.75, 3.05) is 41.0 Å². The van der Waals surface area contributed by atoms with E-state index in [9.17, 15) is 9.59 Å². The third kappa shape index (κ3) is 6.22. The molecule has 0 N–H and O–H groups in total. The van der Waals surface area contributed by atoms with Crippen molar-refractivity contribution >= 4 is 23.5 Å². The Morgan fingerprint density at radius 1 is 1.00 bits per heavy atom. The lowest BCUT2D eigenvalue weighted by molar-refractivity contribution is -0.150. The molecule has 2 atom stereocenters. The number of rotatable bonds is 9. The van der Waals surface area contributed by atoms with Crippen LogP contribution in [0, 0.1) is 0 Å². The van der Waals surface area contributed by atoms with Crippen LogP contribution >= 0.6 is 11.6 Å². The topological polar surface area (TPSA) is 88.5 Å². The molecule has 0 saturated carbocycles. The van der Waals surface area contributed by atoms with Gasteiger partial charge in [-0.15, -0.1) is 0 Å². The summed E-state index contributed by atoms with van der Waals surface area (Å²) in [5, 5.41) is 0.598. The van der Waals surface area contributed by atoms with Gasteiger partial charge < -0.3 is 33.2 Å². The minimum atomic E-state index is -0.517. The molecule has 1 amide bonds. The van der Waals surface area contributed by atoms with Gasteiger partial charge in [-0.1, -0.05) is 23.7 Å². The van der Waals surface area contributed by atoms with Gasteiger partial charge in [-0.2, -0.15) is 0 Å². The molecular weight excluding hydrogens is 548 g/mol. The van der Waals surface area contributed by atoms with Gasteiger partial charge in [0.1, 0.15) is 12.7 Å². The Bertz CT molecular complexity index is 1380. The van der Waals surface area contributed by atoms with Crippen LogP contribution in [0.3, 0.4) is 0 Å². The van der Waals surface area contributed by atoms with E-state index in [0.29, 0.717) is 55.3 Å². The minimum Gasteiger partial charge on any atom is -0.493 e. The molecule has 0 aliphatic carbocycles. The van der Waals surface area contributed by atoms with Gasteiger partial charge in [0.05, 0.1) is 44.9 Å². The van der Waals surface area contributed by atoms with Crippen molar-refractivity contribution in [2.45, 2.75) is 44.0 Å². The molecule has 0 unspecified atom stereocenters. The van der Waals surface area contributed by atoms with Gasteiger partial charge in [-0.3, -0.25) is 4.79 Å². The maximum absolute atomic E-state index is 13.3. The molecule has 0 radical (unpaired) electrons. The van der Waals surface area contributed by atoms with Crippen LogP contribution in [0.1, 0.15) is 54.7 Å². The van der Waals surface area contributed by atoms with Gasteiger partial charge in [0.15, 0.2) is 11.5 Å². The van der Waals surface area contributed by atoms with E-state index in [4.69, 9.17) is 30.5 Å². The highest BCUT2D eigenvalue weighted by molar-refractivity contribution is 6.30. The number of ether oxygens (including phenoxy) is 5. The van der Waals surface area contributed by atoms with Gasteiger partial charge in [0.25, 0.3) is 0 Å². The Morgan fingerprint density at radius 3 is 2.54 bits per heavy atom. The fraction of sp³-hybridized carbons (Fsp3) is 0.419. The second-order valence-electron chi connectivity index (χ2n) is 10.1. The highest BCUT2D eigenvalue weighted by Crippen LogP contribution is 2.46. The van der Waals surface area contributed by atoms with E-state index in [1.165, 1.54) is 7.11 Å². The van der Waals surface area contributed by atoms with Crippen molar-refractivity contribution < 1.29 is 33.3 Å². The highest BCUT2D eigenvalue weighted by atomic mass is 35.5. The van der Waals surface area contributed by atoms with Gasteiger partial charge in [0, 0.05) is 41.9 Å². The summed E-state index contributed by atoms with van der Waals surface area (Å²) in [6, 6.07) is 15.5. The largest absolute Gasteiger partial charge is 0.493 e. The Hall–Kier alpha value is -3.53. The number of carbonyl (C=O) groups excluding carboxylic acids is 2. The molecule has 3 aromatic rings. The van der Waals surface area contributed by atoms with E-state index in [2.05, 4.69) is 9.30 Å². The zero-order chi connectivity index (χ0) is 28.9. The van der Waals surface area contributed by atoms with Crippen LogP contribution in [0.2, 0.25) is 5.02 Å². The standard InChI is InChI=1S/C31H35ClN2O7/c1-37-27-8-4-6-22(31(27)39-3)30-23-18-20(32)9-10-24(23)34-15-5-7-25(34)26(41-30)11-12-28(35)33-16-13-21(14-17-33)40-19-29(36)38-2/h4-10,15,18,21,26,30H,11-14,16-17,19H2,1-3H3/t26-,30-/m1/s1. The summed E-state index contributed by atoms with van der Waals surface area (Å²) in [4.78, 5) is 26.5. The summed E-state index contributed by atoms with van der Waals surface area (Å²) >= 11 is 6.49. The number of para-hydroxylation sites is 1. The second kappa shape index (κ2) is 13.0. The molecule has 10 heteroatoms. The number of hydrogen-bond donors (Lipinski definition) is 0. The van der Waals surface area contributed by atoms with Gasteiger partial charge >= 0.3 is 5.97 Å². The van der Waals surface area contributed by atoms with Crippen LogP contribution < -0.4 is 9.47 Å². The summed E-state index contributed by atoms with van der Waals surface area (Å²) in [5.41, 5.74) is 3.61. The van der Waals surface area contributed by atoms with Crippen molar-refractivity contribution in [3.63, 3.8) is 0 Å². The van der Waals surface area contributed by atoms with E-state index in [1.807, 2.05) is 59.6 Å². The first-order chi connectivity index (χ1) is 19.9. The van der Waals surface area contributed by atoms with Crippen molar-refractivity contribution in [1.82, 2.24) is 9.47 Å². The molecule has 0 spiro atoms. The molecule has 1 saturated heterocycles. The average molecular weight is 583 g/mol. The molecule has 41 heavy (non-hydrogen) atoms. The minimum absolute atomic E-state index is 0.0597. The van der Waals surface area contributed by atoms with Crippen molar-refractivity contribution in [3.05, 3.63) is 76.6 Å². The van der Waals surface area contributed by atoms with E-state index in [-0.39, 0.29) is 24.7 Å². The number of methoxy groups -OCH3 is 3. The maximum atomic E-state index is 13.3. The third-order valence-corrected chi connectivity index (χ3v) is 7.97. The van der Waals surface area contributed by atoms with Crippen LogP contribution in [0.4, 0.5) is 0 Å². The average Bonchev–Trinajstić information content (AvgIpc) is 3.45. The monoisotopic (exact) mass is 582 g/mol. The summed E-state index contributed by atoms with van der Waals surface area (Å²) < 4.78 is 30.6.